The number of carbonyl (C=O) groups excluding carboxylic acids is 1. The number of hydrogen-bond acceptors (Lipinski definition) is 2. The van der Waals surface area contributed by atoms with Crippen LogP contribution in [0.4, 0.5) is 0 Å². The minimum absolute atomic E-state index is 0.115. The second-order valence-corrected chi connectivity index (χ2v) is 6.47. The molecule has 1 atom stereocenters. The van der Waals surface area contributed by atoms with Crippen LogP contribution in [-0.2, 0) is 10.2 Å². The smallest absolute Gasteiger partial charge is 0.235 e. The van der Waals surface area contributed by atoms with Gasteiger partial charge >= 0.3 is 0 Å². The van der Waals surface area contributed by atoms with Gasteiger partial charge in [-0.15, -0.1) is 0 Å². The van der Waals surface area contributed by atoms with Crippen LogP contribution in [-0.4, -0.2) is 18.6 Å². The predicted molar refractivity (Wildman–Crippen MR) is 89.6 cm³/mol. The first-order valence-electron chi connectivity index (χ1n) is 8.39. The van der Waals surface area contributed by atoms with Gasteiger partial charge < -0.3 is 10.1 Å². The van der Waals surface area contributed by atoms with Crippen molar-refractivity contribution in [3.63, 3.8) is 0 Å². The summed E-state index contributed by atoms with van der Waals surface area (Å²) in [5.41, 5.74) is 1.38. The summed E-state index contributed by atoms with van der Waals surface area (Å²) < 4.78 is 5.82. The fraction of sp³-hybridized carbons (Fsp3) is 0.350. The molecule has 1 fully saturated rings. The summed E-state index contributed by atoms with van der Waals surface area (Å²) in [7, 11) is 0. The van der Waals surface area contributed by atoms with E-state index in [1.807, 2.05) is 42.5 Å². The highest BCUT2D eigenvalue weighted by Crippen LogP contribution is 2.44. The highest BCUT2D eigenvalue weighted by atomic mass is 16.5. The molecule has 0 radical (unpaired) electrons. The van der Waals surface area contributed by atoms with E-state index in [2.05, 4.69) is 17.4 Å². The van der Waals surface area contributed by atoms with Crippen LogP contribution in [0.3, 0.4) is 0 Å². The minimum atomic E-state index is -0.647. The molecule has 0 aromatic heterocycles. The van der Waals surface area contributed by atoms with Crippen LogP contribution in [0.2, 0.25) is 0 Å². The summed E-state index contributed by atoms with van der Waals surface area (Å²) in [5, 5.41) is 3.27. The van der Waals surface area contributed by atoms with E-state index in [1.54, 1.807) is 0 Å². The monoisotopic (exact) mass is 307 g/mol. The molecule has 23 heavy (non-hydrogen) atoms. The maximum Gasteiger partial charge on any atom is 0.235 e. The van der Waals surface area contributed by atoms with Gasteiger partial charge in [0.05, 0.1) is 6.61 Å². The number of fused-ring (bicyclic) bond motifs is 1. The number of hydrogen-bond donors (Lipinski definition) is 1. The van der Waals surface area contributed by atoms with Crippen LogP contribution in [0, 0.1) is 0 Å². The van der Waals surface area contributed by atoms with Crippen molar-refractivity contribution in [1.82, 2.24) is 5.32 Å². The molecule has 1 unspecified atom stereocenters. The molecule has 2 aromatic carbocycles. The van der Waals surface area contributed by atoms with E-state index in [0.717, 1.165) is 29.7 Å². The Morgan fingerprint density at radius 2 is 1.78 bits per heavy atom. The normalized spacial score (nSPS) is 23.3. The Bertz CT molecular complexity index is 709. The lowest BCUT2D eigenvalue weighted by Gasteiger charge is -2.40. The Balaban J connectivity index is 1.83. The van der Waals surface area contributed by atoms with Crippen molar-refractivity contribution in [1.29, 1.82) is 0 Å². The van der Waals surface area contributed by atoms with E-state index in [-0.39, 0.29) is 5.91 Å². The van der Waals surface area contributed by atoms with Gasteiger partial charge in [0, 0.05) is 18.0 Å². The number of ether oxygens (including phenoxy) is 1. The molecule has 2 aromatic rings. The number of para-hydroxylation sites is 1. The Labute approximate surface area is 136 Å². The van der Waals surface area contributed by atoms with Gasteiger partial charge in [-0.2, -0.15) is 0 Å². The molecule has 1 saturated carbocycles. The number of rotatable bonds is 3. The maximum absolute atomic E-state index is 13.3. The fourth-order valence-electron chi connectivity index (χ4n) is 3.64. The van der Waals surface area contributed by atoms with Crippen LogP contribution in [0.5, 0.6) is 5.75 Å². The molecule has 0 saturated heterocycles. The van der Waals surface area contributed by atoms with Gasteiger partial charge in [0.25, 0.3) is 0 Å². The summed E-state index contributed by atoms with van der Waals surface area (Å²) in [6.45, 7) is 0.560. The predicted octanol–water partition coefficient (Wildman–Crippen LogP) is 3.42. The standard InChI is InChI=1S/C20H21NO2/c22-19(21-16-9-6-10-16)20(15-7-2-1-3-8-15)13-14-23-18-12-5-4-11-17(18)20/h1-5,7-8,11-12,16H,6,9-10,13-14H2,(H,21,22). The highest BCUT2D eigenvalue weighted by Gasteiger charge is 2.46. The van der Waals surface area contributed by atoms with Gasteiger partial charge in [0.15, 0.2) is 0 Å². The topological polar surface area (TPSA) is 38.3 Å². The van der Waals surface area contributed by atoms with Crippen molar-refractivity contribution in [3.05, 3.63) is 65.7 Å². The zero-order valence-corrected chi connectivity index (χ0v) is 13.1. The van der Waals surface area contributed by atoms with Gasteiger partial charge in [-0.3, -0.25) is 4.79 Å². The zero-order chi connectivity index (χ0) is 15.7. The van der Waals surface area contributed by atoms with E-state index in [9.17, 15) is 4.79 Å². The molecule has 1 aliphatic heterocycles. The van der Waals surface area contributed by atoms with Crippen LogP contribution >= 0.6 is 0 Å². The SMILES string of the molecule is O=C(NC1CCC1)C1(c2ccccc2)CCOc2ccccc21. The third kappa shape index (κ3) is 2.31. The second kappa shape index (κ2) is 5.73. The first-order valence-corrected chi connectivity index (χ1v) is 8.39. The largest absolute Gasteiger partial charge is 0.493 e. The molecule has 1 amide bonds. The summed E-state index contributed by atoms with van der Waals surface area (Å²) >= 11 is 0. The van der Waals surface area contributed by atoms with Crippen molar-refractivity contribution < 1.29 is 9.53 Å². The van der Waals surface area contributed by atoms with E-state index >= 15 is 0 Å². The average molecular weight is 307 g/mol. The minimum Gasteiger partial charge on any atom is -0.493 e. The van der Waals surface area contributed by atoms with Gasteiger partial charge in [-0.05, 0) is 30.9 Å². The molecule has 3 heteroatoms. The second-order valence-electron chi connectivity index (χ2n) is 6.47. The highest BCUT2D eigenvalue weighted by molar-refractivity contribution is 5.93. The number of carbonyl (C=O) groups is 1. The van der Waals surface area contributed by atoms with Crippen LogP contribution in [0.25, 0.3) is 0 Å². The summed E-state index contributed by atoms with van der Waals surface area (Å²) in [6.07, 6.45) is 4.07. The third-order valence-corrected chi connectivity index (χ3v) is 5.18. The molecule has 118 valence electrons. The van der Waals surface area contributed by atoms with Gasteiger partial charge in [0.1, 0.15) is 11.2 Å². The molecule has 0 bridgehead atoms. The molecule has 4 rings (SSSR count). The molecule has 2 aliphatic rings. The molecule has 1 heterocycles. The van der Waals surface area contributed by atoms with Gasteiger partial charge in [-0.25, -0.2) is 0 Å². The van der Waals surface area contributed by atoms with Crippen LogP contribution in [0.1, 0.15) is 36.8 Å². The molecule has 3 nitrogen and oxygen atoms in total. The first kappa shape index (κ1) is 14.3. The Hall–Kier alpha value is -2.29. The van der Waals surface area contributed by atoms with Gasteiger partial charge in [0.2, 0.25) is 5.91 Å². The summed E-state index contributed by atoms with van der Waals surface area (Å²) in [6, 6.07) is 18.4. The van der Waals surface area contributed by atoms with Crippen molar-refractivity contribution in [2.45, 2.75) is 37.1 Å². The van der Waals surface area contributed by atoms with E-state index in [4.69, 9.17) is 4.74 Å². The number of nitrogens with one attached hydrogen (secondary N) is 1. The van der Waals surface area contributed by atoms with Crippen LogP contribution in [0.15, 0.2) is 54.6 Å². The molecule has 0 spiro atoms. The van der Waals surface area contributed by atoms with E-state index in [1.165, 1.54) is 6.42 Å². The first-order chi connectivity index (χ1) is 11.3. The maximum atomic E-state index is 13.3. The molecular formula is C20H21NO2. The lowest BCUT2D eigenvalue weighted by atomic mass is 9.69. The summed E-state index contributed by atoms with van der Waals surface area (Å²) in [4.78, 5) is 13.3. The van der Waals surface area contributed by atoms with Gasteiger partial charge in [-0.1, -0.05) is 48.5 Å². The average Bonchev–Trinajstić information content (AvgIpc) is 2.58. The van der Waals surface area contributed by atoms with Crippen molar-refractivity contribution >= 4 is 5.91 Å². The van der Waals surface area contributed by atoms with Crippen molar-refractivity contribution in [2.75, 3.05) is 6.61 Å². The van der Waals surface area contributed by atoms with Crippen LogP contribution < -0.4 is 10.1 Å². The third-order valence-electron chi connectivity index (χ3n) is 5.18. The molecule has 1 N–H and O–H groups in total. The number of benzene rings is 2. The van der Waals surface area contributed by atoms with E-state index in [0.29, 0.717) is 19.1 Å². The van der Waals surface area contributed by atoms with E-state index < -0.39 is 5.41 Å². The van der Waals surface area contributed by atoms with Crippen molar-refractivity contribution in [3.8, 4) is 5.75 Å². The Morgan fingerprint density at radius 3 is 2.52 bits per heavy atom. The van der Waals surface area contributed by atoms with Crippen molar-refractivity contribution in [2.24, 2.45) is 0 Å². The lowest BCUT2D eigenvalue weighted by molar-refractivity contribution is -0.127. The number of amides is 1. The lowest BCUT2D eigenvalue weighted by Crippen LogP contribution is -2.52. The molecule has 1 aliphatic carbocycles. The fourth-order valence-corrected chi connectivity index (χ4v) is 3.64. The Kier molecular flexibility index (Phi) is 3.56. The zero-order valence-electron chi connectivity index (χ0n) is 13.1. The Morgan fingerprint density at radius 1 is 1.04 bits per heavy atom. The quantitative estimate of drug-likeness (QED) is 0.943. The summed E-state index contributed by atoms with van der Waals surface area (Å²) in [5.74, 6) is 0.940. The molecular weight excluding hydrogens is 286 g/mol.